The molecular formula is C23H27N5O. The summed E-state index contributed by atoms with van der Waals surface area (Å²) in [6.07, 6.45) is 0. The molecule has 150 valence electrons. The Kier molecular flexibility index (Phi) is 5.62. The maximum atomic E-state index is 5.52. The van der Waals surface area contributed by atoms with E-state index in [2.05, 4.69) is 47.3 Å². The SMILES string of the molecule is COc1ccc(C)cc1Nc1cc(-c2ccccc2)nc(N2CCN(C)CC2)n1. The Morgan fingerprint density at radius 3 is 2.41 bits per heavy atom. The molecule has 1 aromatic heterocycles. The molecule has 3 aromatic rings. The van der Waals surface area contributed by atoms with Gasteiger partial charge in [0.2, 0.25) is 5.95 Å². The lowest BCUT2D eigenvalue weighted by Crippen LogP contribution is -2.45. The summed E-state index contributed by atoms with van der Waals surface area (Å²) in [7, 11) is 3.83. The number of methoxy groups -OCH3 is 1. The molecule has 0 amide bonds. The molecule has 1 saturated heterocycles. The van der Waals surface area contributed by atoms with E-state index in [4.69, 9.17) is 14.7 Å². The van der Waals surface area contributed by atoms with Gasteiger partial charge >= 0.3 is 0 Å². The highest BCUT2D eigenvalue weighted by molar-refractivity contribution is 5.70. The van der Waals surface area contributed by atoms with Crippen molar-refractivity contribution in [2.45, 2.75) is 6.92 Å². The van der Waals surface area contributed by atoms with Gasteiger partial charge in [-0.05, 0) is 31.7 Å². The minimum Gasteiger partial charge on any atom is -0.495 e. The van der Waals surface area contributed by atoms with Crippen molar-refractivity contribution in [2.24, 2.45) is 0 Å². The van der Waals surface area contributed by atoms with Crippen molar-refractivity contribution in [3.8, 4) is 17.0 Å². The van der Waals surface area contributed by atoms with E-state index in [1.165, 1.54) is 0 Å². The summed E-state index contributed by atoms with van der Waals surface area (Å²) in [5.74, 6) is 2.31. The molecule has 0 unspecified atom stereocenters. The number of hydrogen-bond acceptors (Lipinski definition) is 6. The van der Waals surface area contributed by atoms with Crippen molar-refractivity contribution in [3.05, 3.63) is 60.2 Å². The molecule has 0 aliphatic carbocycles. The van der Waals surface area contributed by atoms with Crippen molar-refractivity contribution in [1.29, 1.82) is 0 Å². The second-order valence-corrected chi connectivity index (χ2v) is 7.42. The van der Waals surface area contributed by atoms with Gasteiger partial charge in [-0.2, -0.15) is 4.98 Å². The van der Waals surface area contributed by atoms with Crippen molar-refractivity contribution in [1.82, 2.24) is 14.9 Å². The van der Waals surface area contributed by atoms with E-state index in [0.717, 1.165) is 66.2 Å². The summed E-state index contributed by atoms with van der Waals surface area (Å²) in [6.45, 7) is 5.92. The molecule has 0 radical (unpaired) electrons. The molecule has 1 N–H and O–H groups in total. The summed E-state index contributed by atoms with van der Waals surface area (Å²) in [6, 6.07) is 18.3. The number of piperazine rings is 1. The van der Waals surface area contributed by atoms with Gasteiger partial charge in [0.05, 0.1) is 18.5 Å². The highest BCUT2D eigenvalue weighted by Gasteiger charge is 2.18. The minimum absolute atomic E-state index is 0.758. The Labute approximate surface area is 172 Å². The maximum Gasteiger partial charge on any atom is 0.227 e. The monoisotopic (exact) mass is 389 g/mol. The van der Waals surface area contributed by atoms with E-state index in [1.807, 2.05) is 36.4 Å². The molecule has 0 spiro atoms. The third kappa shape index (κ3) is 4.49. The third-order valence-electron chi connectivity index (χ3n) is 5.19. The number of rotatable bonds is 5. The number of nitrogens with one attached hydrogen (secondary N) is 1. The average Bonchev–Trinajstić information content (AvgIpc) is 2.75. The summed E-state index contributed by atoms with van der Waals surface area (Å²) >= 11 is 0. The molecule has 1 aliphatic rings. The second-order valence-electron chi connectivity index (χ2n) is 7.42. The van der Waals surface area contributed by atoms with E-state index in [9.17, 15) is 0 Å². The lowest BCUT2D eigenvalue weighted by atomic mass is 10.1. The zero-order valence-corrected chi connectivity index (χ0v) is 17.2. The molecule has 0 bridgehead atoms. The fraction of sp³-hybridized carbons (Fsp3) is 0.304. The van der Waals surface area contributed by atoms with Crippen LogP contribution in [0.25, 0.3) is 11.3 Å². The summed E-state index contributed by atoms with van der Waals surface area (Å²) in [4.78, 5) is 14.3. The third-order valence-corrected chi connectivity index (χ3v) is 5.19. The molecule has 1 fully saturated rings. The van der Waals surface area contributed by atoms with Crippen LogP contribution in [0.2, 0.25) is 0 Å². The van der Waals surface area contributed by atoms with Gasteiger partial charge in [-0.1, -0.05) is 36.4 Å². The maximum absolute atomic E-state index is 5.52. The highest BCUT2D eigenvalue weighted by atomic mass is 16.5. The van der Waals surface area contributed by atoms with Gasteiger partial charge in [-0.25, -0.2) is 4.98 Å². The number of ether oxygens (including phenoxy) is 1. The van der Waals surface area contributed by atoms with E-state index >= 15 is 0 Å². The number of benzene rings is 2. The molecule has 1 aliphatic heterocycles. The van der Waals surface area contributed by atoms with Crippen molar-refractivity contribution in [2.75, 3.05) is 50.6 Å². The minimum atomic E-state index is 0.758. The first-order valence-corrected chi connectivity index (χ1v) is 9.92. The smallest absolute Gasteiger partial charge is 0.227 e. The lowest BCUT2D eigenvalue weighted by Gasteiger charge is -2.32. The fourth-order valence-electron chi connectivity index (χ4n) is 3.46. The Hall–Kier alpha value is -3.12. The van der Waals surface area contributed by atoms with Gasteiger partial charge in [0.1, 0.15) is 11.6 Å². The van der Waals surface area contributed by atoms with Gasteiger partial charge in [-0.3, -0.25) is 0 Å². The van der Waals surface area contributed by atoms with Crippen LogP contribution in [-0.2, 0) is 0 Å². The number of aryl methyl sites for hydroxylation is 1. The molecule has 6 heteroatoms. The Morgan fingerprint density at radius 1 is 0.931 bits per heavy atom. The van der Waals surface area contributed by atoms with Gasteiger partial charge in [0, 0.05) is 37.8 Å². The highest BCUT2D eigenvalue weighted by Crippen LogP contribution is 2.30. The fourth-order valence-corrected chi connectivity index (χ4v) is 3.46. The van der Waals surface area contributed by atoms with Crippen LogP contribution in [0.5, 0.6) is 5.75 Å². The van der Waals surface area contributed by atoms with Crippen LogP contribution in [0.15, 0.2) is 54.6 Å². The van der Waals surface area contributed by atoms with Crippen LogP contribution in [0.4, 0.5) is 17.5 Å². The number of aromatic nitrogens is 2. The Morgan fingerprint density at radius 2 is 1.69 bits per heavy atom. The first-order chi connectivity index (χ1) is 14.1. The van der Waals surface area contributed by atoms with Crippen molar-refractivity contribution in [3.63, 3.8) is 0 Å². The molecule has 4 rings (SSSR count). The van der Waals surface area contributed by atoms with Crippen molar-refractivity contribution < 1.29 is 4.74 Å². The largest absolute Gasteiger partial charge is 0.495 e. The van der Waals surface area contributed by atoms with E-state index in [-0.39, 0.29) is 0 Å². The number of anilines is 3. The van der Waals surface area contributed by atoms with Gasteiger partial charge < -0.3 is 19.9 Å². The summed E-state index contributed by atoms with van der Waals surface area (Å²) in [5.41, 5.74) is 4.03. The van der Waals surface area contributed by atoms with Crippen LogP contribution in [0, 0.1) is 6.92 Å². The predicted molar refractivity (Wildman–Crippen MR) is 118 cm³/mol. The number of likely N-dealkylation sites (N-methyl/N-ethyl adjacent to an activating group) is 1. The Balaban J connectivity index is 1.73. The Bertz CT molecular complexity index is 968. The van der Waals surface area contributed by atoms with E-state index in [1.54, 1.807) is 7.11 Å². The molecule has 0 atom stereocenters. The number of nitrogens with zero attached hydrogens (tertiary/aromatic N) is 4. The molecule has 0 saturated carbocycles. The van der Waals surface area contributed by atoms with Gasteiger partial charge in [-0.15, -0.1) is 0 Å². The van der Waals surface area contributed by atoms with Gasteiger partial charge in [0.15, 0.2) is 0 Å². The van der Waals surface area contributed by atoms with Crippen molar-refractivity contribution >= 4 is 17.5 Å². The molecular weight excluding hydrogens is 362 g/mol. The first kappa shape index (κ1) is 19.2. The quantitative estimate of drug-likeness (QED) is 0.713. The summed E-state index contributed by atoms with van der Waals surface area (Å²) in [5, 5.41) is 3.45. The molecule has 2 heterocycles. The van der Waals surface area contributed by atoms with Crippen LogP contribution >= 0.6 is 0 Å². The second kappa shape index (κ2) is 8.49. The van der Waals surface area contributed by atoms with Crippen LogP contribution in [-0.4, -0.2) is 55.2 Å². The molecule has 2 aromatic carbocycles. The number of hydrogen-bond donors (Lipinski definition) is 1. The summed E-state index contributed by atoms with van der Waals surface area (Å²) < 4.78 is 5.52. The molecule has 6 nitrogen and oxygen atoms in total. The van der Waals surface area contributed by atoms with Crippen LogP contribution in [0.3, 0.4) is 0 Å². The lowest BCUT2D eigenvalue weighted by molar-refractivity contribution is 0.311. The standard InChI is InChI=1S/C23H27N5O/c1-17-9-10-21(29-3)20(15-17)24-22-16-19(18-7-5-4-6-8-18)25-23(26-22)28-13-11-27(2)12-14-28/h4-10,15-16H,11-14H2,1-3H3,(H,24,25,26). The van der Waals surface area contributed by atoms with Gasteiger partial charge in [0.25, 0.3) is 0 Å². The van der Waals surface area contributed by atoms with Crippen LogP contribution in [0.1, 0.15) is 5.56 Å². The zero-order chi connectivity index (χ0) is 20.2. The zero-order valence-electron chi connectivity index (χ0n) is 17.2. The average molecular weight is 390 g/mol. The normalized spacial score (nSPS) is 14.7. The molecule has 29 heavy (non-hydrogen) atoms. The predicted octanol–water partition coefficient (Wildman–Crippen LogP) is 3.96. The first-order valence-electron chi connectivity index (χ1n) is 9.92. The topological polar surface area (TPSA) is 53.5 Å². The van der Waals surface area contributed by atoms with E-state index < -0.39 is 0 Å². The van der Waals surface area contributed by atoms with Crippen LogP contribution < -0.4 is 15.0 Å². The van der Waals surface area contributed by atoms with E-state index in [0.29, 0.717) is 0 Å².